The molecular formula is C13H17N3O3. The molecule has 102 valence electrons. The maximum atomic E-state index is 11.7. The quantitative estimate of drug-likeness (QED) is 0.679. The molecule has 0 heterocycles. The number of nitrogens with one attached hydrogen (secondary N) is 1. The monoisotopic (exact) mass is 263 g/mol. The molecule has 4 N–H and O–H groups in total. The SMILES string of the molecule is CN(CC(=O)NC1CC1)c1ccc(N)c(C(=O)O)c1. The number of benzene rings is 1. The van der Waals surface area contributed by atoms with Crippen LogP contribution in [0.5, 0.6) is 0 Å². The third kappa shape index (κ3) is 3.37. The number of nitrogen functional groups attached to an aromatic ring is 1. The smallest absolute Gasteiger partial charge is 0.337 e. The van der Waals surface area contributed by atoms with Gasteiger partial charge >= 0.3 is 5.97 Å². The van der Waals surface area contributed by atoms with Crippen LogP contribution < -0.4 is 16.0 Å². The lowest BCUT2D eigenvalue weighted by atomic mass is 10.1. The molecule has 2 rings (SSSR count). The molecule has 1 amide bonds. The Labute approximate surface area is 111 Å². The van der Waals surface area contributed by atoms with Crippen molar-refractivity contribution in [1.29, 1.82) is 0 Å². The second kappa shape index (κ2) is 5.17. The molecule has 0 atom stereocenters. The average Bonchev–Trinajstić information content (AvgIpc) is 3.12. The third-order valence-electron chi connectivity index (χ3n) is 3.03. The first-order valence-electron chi connectivity index (χ1n) is 6.10. The lowest BCUT2D eigenvalue weighted by molar-refractivity contribution is -0.119. The van der Waals surface area contributed by atoms with Gasteiger partial charge in [0.25, 0.3) is 0 Å². The number of carbonyl (C=O) groups excluding carboxylic acids is 1. The summed E-state index contributed by atoms with van der Waals surface area (Å²) in [5.74, 6) is -1.13. The van der Waals surface area contributed by atoms with Crippen LogP contribution in [0.3, 0.4) is 0 Å². The normalized spacial score (nSPS) is 13.9. The van der Waals surface area contributed by atoms with Gasteiger partial charge in [0.1, 0.15) is 0 Å². The van der Waals surface area contributed by atoms with Gasteiger partial charge in [-0.2, -0.15) is 0 Å². The molecule has 0 unspecified atom stereocenters. The van der Waals surface area contributed by atoms with Crippen LogP contribution in [0.1, 0.15) is 23.2 Å². The number of carbonyl (C=O) groups is 2. The van der Waals surface area contributed by atoms with Crippen LogP contribution >= 0.6 is 0 Å². The zero-order valence-corrected chi connectivity index (χ0v) is 10.7. The first-order chi connectivity index (χ1) is 8.97. The minimum absolute atomic E-state index is 0.0481. The van der Waals surface area contributed by atoms with Crippen molar-refractivity contribution < 1.29 is 14.7 Å². The van der Waals surface area contributed by atoms with Crippen molar-refractivity contribution in [2.24, 2.45) is 0 Å². The number of carboxylic acids is 1. The summed E-state index contributed by atoms with van der Waals surface area (Å²) in [6.45, 7) is 0.194. The predicted molar refractivity (Wildman–Crippen MR) is 72.2 cm³/mol. The Kier molecular flexibility index (Phi) is 3.59. The van der Waals surface area contributed by atoms with Gasteiger partial charge in [-0.25, -0.2) is 4.79 Å². The van der Waals surface area contributed by atoms with Crippen LogP contribution in [0.25, 0.3) is 0 Å². The van der Waals surface area contributed by atoms with Crippen LogP contribution in [0.15, 0.2) is 18.2 Å². The van der Waals surface area contributed by atoms with E-state index in [0.717, 1.165) is 12.8 Å². The highest BCUT2D eigenvalue weighted by molar-refractivity contribution is 5.95. The van der Waals surface area contributed by atoms with Crippen LogP contribution in [-0.4, -0.2) is 36.6 Å². The van der Waals surface area contributed by atoms with Crippen LogP contribution in [0.4, 0.5) is 11.4 Å². The Bertz CT molecular complexity index is 512. The number of likely N-dealkylation sites (N-methyl/N-ethyl adjacent to an activating group) is 1. The van der Waals surface area contributed by atoms with E-state index in [1.54, 1.807) is 18.0 Å². The van der Waals surface area contributed by atoms with Crippen molar-refractivity contribution in [1.82, 2.24) is 5.32 Å². The van der Waals surface area contributed by atoms with E-state index in [1.807, 2.05) is 0 Å². The number of rotatable bonds is 5. The van der Waals surface area contributed by atoms with Crippen molar-refractivity contribution in [2.45, 2.75) is 18.9 Å². The van der Waals surface area contributed by atoms with Gasteiger partial charge in [0.15, 0.2) is 0 Å². The maximum absolute atomic E-state index is 11.7. The summed E-state index contributed by atoms with van der Waals surface area (Å²) in [6.07, 6.45) is 2.08. The van der Waals surface area contributed by atoms with Crippen molar-refractivity contribution in [3.05, 3.63) is 23.8 Å². The minimum atomic E-state index is -1.07. The Morgan fingerprint density at radius 3 is 2.74 bits per heavy atom. The highest BCUT2D eigenvalue weighted by atomic mass is 16.4. The molecule has 6 heteroatoms. The molecule has 0 saturated heterocycles. The lowest BCUT2D eigenvalue weighted by Gasteiger charge is -2.19. The van der Waals surface area contributed by atoms with Gasteiger partial charge < -0.3 is 21.1 Å². The van der Waals surface area contributed by atoms with E-state index in [1.165, 1.54) is 12.1 Å². The third-order valence-corrected chi connectivity index (χ3v) is 3.03. The van der Waals surface area contributed by atoms with E-state index in [0.29, 0.717) is 11.7 Å². The number of aromatic carboxylic acids is 1. The summed E-state index contributed by atoms with van der Waals surface area (Å²) < 4.78 is 0. The molecule has 0 radical (unpaired) electrons. The molecule has 1 fully saturated rings. The summed E-state index contributed by atoms with van der Waals surface area (Å²) in [5.41, 5.74) is 6.50. The highest BCUT2D eigenvalue weighted by Gasteiger charge is 2.23. The van der Waals surface area contributed by atoms with Gasteiger partial charge in [0, 0.05) is 24.5 Å². The van der Waals surface area contributed by atoms with E-state index in [4.69, 9.17) is 10.8 Å². The van der Waals surface area contributed by atoms with E-state index < -0.39 is 5.97 Å². The van der Waals surface area contributed by atoms with Gasteiger partial charge in [-0.3, -0.25) is 4.79 Å². The lowest BCUT2D eigenvalue weighted by Crippen LogP contribution is -2.36. The number of hydrogen-bond acceptors (Lipinski definition) is 4. The molecule has 1 aromatic rings. The van der Waals surface area contributed by atoms with Gasteiger partial charge in [-0.1, -0.05) is 0 Å². The number of amides is 1. The molecule has 0 aromatic heterocycles. The summed E-state index contributed by atoms with van der Waals surface area (Å²) in [7, 11) is 1.74. The number of nitrogens with two attached hydrogens (primary N) is 1. The second-order valence-corrected chi connectivity index (χ2v) is 4.77. The van der Waals surface area contributed by atoms with Gasteiger partial charge in [0.05, 0.1) is 12.1 Å². The molecule has 19 heavy (non-hydrogen) atoms. The van der Waals surface area contributed by atoms with E-state index >= 15 is 0 Å². The number of nitrogens with zero attached hydrogens (tertiary/aromatic N) is 1. The molecule has 1 saturated carbocycles. The number of anilines is 2. The largest absolute Gasteiger partial charge is 0.478 e. The molecule has 1 aromatic carbocycles. The molecule has 0 aliphatic heterocycles. The zero-order chi connectivity index (χ0) is 14.0. The van der Waals surface area contributed by atoms with Crippen molar-refractivity contribution in [3.63, 3.8) is 0 Å². The minimum Gasteiger partial charge on any atom is -0.478 e. The summed E-state index contributed by atoms with van der Waals surface area (Å²) >= 11 is 0. The Hall–Kier alpha value is -2.24. The van der Waals surface area contributed by atoms with Crippen LogP contribution in [0, 0.1) is 0 Å². The molecule has 0 bridgehead atoms. The van der Waals surface area contributed by atoms with E-state index in [-0.39, 0.29) is 23.7 Å². The van der Waals surface area contributed by atoms with Crippen molar-refractivity contribution in [2.75, 3.05) is 24.2 Å². The molecular weight excluding hydrogens is 246 g/mol. The summed E-state index contributed by atoms with van der Waals surface area (Å²) in [6, 6.07) is 5.03. The fourth-order valence-corrected chi connectivity index (χ4v) is 1.77. The van der Waals surface area contributed by atoms with E-state index in [2.05, 4.69) is 5.32 Å². The fourth-order valence-electron chi connectivity index (χ4n) is 1.77. The molecule has 1 aliphatic rings. The first kappa shape index (κ1) is 13.2. The highest BCUT2D eigenvalue weighted by Crippen LogP contribution is 2.21. The summed E-state index contributed by atoms with van der Waals surface area (Å²) in [4.78, 5) is 24.4. The predicted octanol–water partition coefficient (Wildman–Crippen LogP) is 0.682. The van der Waals surface area contributed by atoms with Crippen molar-refractivity contribution >= 4 is 23.3 Å². The van der Waals surface area contributed by atoms with Crippen molar-refractivity contribution in [3.8, 4) is 0 Å². The fraction of sp³-hybridized carbons (Fsp3) is 0.385. The molecule has 0 spiro atoms. The van der Waals surface area contributed by atoms with Crippen LogP contribution in [-0.2, 0) is 4.79 Å². The Balaban J connectivity index is 2.05. The molecule has 1 aliphatic carbocycles. The standard InChI is InChI=1S/C13H17N3O3/c1-16(7-12(17)15-8-2-3-8)9-4-5-11(14)10(6-9)13(18)19/h4-6,8H,2-3,7,14H2,1H3,(H,15,17)(H,18,19). The number of carboxylic acid groups (broad SMARTS) is 1. The van der Waals surface area contributed by atoms with Gasteiger partial charge in [-0.15, -0.1) is 0 Å². The molecule has 6 nitrogen and oxygen atoms in total. The second-order valence-electron chi connectivity index (χ2n) is 4.77. The van der Waals surface area contributed by atoms with Crippen LogP contribution in [0.2, 0.25) is 0 Å². The first-order valence-corrected chi connectivity index (χ1v) is 6.10. The Morgan fingerprint density at radius 1 is 1.47 bits per heavy atom. The zero-order valence-electron chi connectivity index (χ0n) is 10.7. The topological polar surface area (TPSA) is 95.7 Å². The van der Waals surface area contributed by atoms with Gasteiger partial charge in [0.2, 0.25) is 5.91 Å². The maximum Gasteiger partial charge on any atom is 0.337 e. The van der Waals surface area contributed by atoms with E-state index in [9.17, 15) is 9.59 Å². The average molecular weight is 263 g/mol. The van der Waals surface area contributed by atoms with Gasteiger partial charge in [-0.05, 0) is 31.0 Å². The Morgan fingerprint density at radius 2 is 2.16 bits per heavy atom. The number of hydrogen-bond donors (Lipinski definition) is 3. The summed E-state index contributed by atoms with van der Waals surface area (Å²) in [5, 5.41) is 11.9.